The summed E-state index contributed by atoms with van der Waals surface area (Å²) in [5, 5.41) is 11.6. The average Bonchev–Trinajstić information content (AvgIpc) is 3.23. The van der Waals surface area contributed by atoms with Crippen molar-refractivity contribution in [2.24, 2.45) is 11.3 Å². The fourth-order valence-corrected chi connectivity index (χ4v) is 5.73. The summed E-state index contributed by atoms with van der Waals surface area (Å²) < 4.78 is 13.2. The Labute approximate surface area is 206 Å². The Balaban J connectivity index is 1.56. The molecule has 5 unspecified atom stereocenters. The number of carbonyl (C=O) groups excluding carboxylic acids is 2. The van der Waals surface area contributed by atoms with E-state index in [0.29, 0.717) is 12.8 Å². The van der Waals surface area contributed by atoms with E-state index in [2.05, 4.69) is 11.9 Å². The van der Waals surface area contributed by atoms with E-state index in [-0.39, 0.29) is 42.2 Å². The number of fused-ring (bicyclic) bond motifs is 2. The van der Waals surface area contributed by atoms with Crippen LogP contribution >= 0.6 is 11.3 Å². The van der Waals surface area contributed by atoms with Crippen LogP contribution in [0.5, 0.6) is 0 Å². The van der Waals surface area contributed by atoms with Crippen LogP contribution in [0.25, 0.3) is 10.2 Å². The molecule has 0 radical (unpaired) electrons. The highest BCUT2D eigenvalue weighted by atomic mass is 32.1. The number of epoxide rings is 1. The van der Waals surface area contributed by atoms with Gasteiger partial charge in [0.15, 0.2) is 0 Å². The third-order valence-electron chi connectivity index (χ3n) is 7.72. The number of hydrogen-bond acceptors (Lipinski definition) is 7. The second kappa shape index (κ2) is 9.67. The Morgan fingerprint density at radius 2 is 1.94 bits per heavy atom. The van der Waals surface area contributed by atoms with E-state index in [4.69, 9.17) is 9.47 Å². The first-order valence-corrected chi connectivity index (χ1v) is 13.2. The molecule has 1 aromatic carbocycles. The standard InChI is InChI=1S/C27H37NO5S/c1-16-7-6-11-27(5)24(33-27)15-21(18-8-9-22-19(13-18)28-17(2)34-22)32-25(31)10-12-26(3,4)23(30)14-20(16)29/h8-9,13,16,20-21,24,29H,6-7,10-12,14-15H2,1-5H3. The van der Waals surface area contributed by atoms with Gasteiger partial charge in [-0.05, 0) is 56.7 Å². The van der Waals surface area contributed by atoms with Crippen LogP contribution in [-0.2, 0) is 19.1 Å². The van der Waals surface area contributed by atoms with Crippen LogP contribution < -0.4 is 0 Å². The van der Waals surface area contributed by atoms with Crippen molar-refractivity contribution in [1.82, 2.24) is 4.98 Å². The number of rotatable bonds is 1. The number of Topliss-reactive ketones (excluding diaryl/α,β-unsaturated/α-hetero) is 1. The third-order valence-corrected chi connectivity index (χ3v) is 8.67. The Hall–Kier alpha value is -1.83. The third kappa shape index (κ3) is 5.69. The van der Waals surface area contributed by atoms with Gasteiger partial charge in [-0.25, -0.2) is 4.98 Å². The van der Waals surface area contributed by atoms with Crippen molar-refractivity contribution < 1.29 is 24.2 Å². The van der Waals surface area contributed by atoms with Gasteiger partial charge in [-0.1, -0.05) is 33.3 Å². The minimum absolute atomic E-state index is 0.00907. The molecular formula is C27H37NO5S. The number of ether oxygens (including phenoxy) is 2. The lowest BCUT2D eigenvalue weighted by Gasteiger charge is -2.27. The van der Waals surface area contributed by atoms with Gasteiger partial charge in [0.05, 0.1) is 33.0 Å². The molecule has 0 saturated carbocycles. The quantitative estimate of drug-likeness (QED) is 0.411. The number of aryl methyl sites for hydroxylation is 1. The van der Waals surface area contributed by atoms with E-state index in [0.717, 1.165) is 40.1 Å². The SMILES string of the molecule is Cc1nc2cc(C3CC4OC4(C)CCCC(C)C(O)CC(=O)C(C)(C)CCC(=O)O3)ccc2s1. The van der Waals surface area contributed by atoms with Crippen LogP contribution in [0.15, 0.2) is 18.2 Å². The maximum atomic E-state index is 12.9. The summed E-state index contributed by atoms with van der Waals surface area (Å²) >= 11 is 1.65. The maximum Gasteiger partial charge on any atom is 0.306 e. The number of aromatic nitrogens is 1. The monoisotopic (exact) mass is 487 g/mol. The Morgan fingerprint density at radius 3 is 2.71 bits per heavy atom. The highest BCUT2D eigenvalue weighted by molar-refractivity contribution is 7.18. The van der Waals surface area contributed by atoms with Gasteiger partial charge in [-0.3, -0.25) is 9.59 Å². The predicted octanol–water partition coefficient (Wildman–Crippen LogP) is 5.68. The van der Waals surface area contributed by atoms with Crippen molar-refractivity contribution in [2.75, 3.05) is 0 Å². The van der Waals surface area contributed by atoms with Crippen molar-refractivity contribution in [3.8, 4) is 0 Å². The van der Waals surface area contributed by atoms with Gasteiger partial charge in [-0.15, -0.1) is 11.3 Å². The number of carbonyl (C=O) groups is 2. The number of cyclic esters (lactones) is 1. The number of benzene rings is 1. The summed E-state index contributed by atoms with van der Waals surface area (Å²) in [5.41, 5.74) is 0.909. The van der Waals surface area contributed by atoms with Crippen LogP contribution in [0.2, 0.25) is 0 Å². The Bertz CT molecular complexity index is 1060. The summed E-state index contributed by atoms with van der Waals surface area (Å²) in [6, 6.07) is 6.08. The van der Waals surface area contributed by atoms with E-state index >= 15 is 0 Å². The number of nitrogens with zero attached hydrogens (tertiary/aromatic N) is 1. The smallest absolute Gasteiger partial charge is 0.306 e. The molecule has 0 spiro atoms. The highest BCUT2D eigenvalue weighted by Gasteiger charge is 2.52. The average molecular weight is 488 g/mol. The lowest BCUT2D eigenvalue weighted by atomic mass is 9.79. The van der Waals surface area contributed by atoms with Gasteiger partial charge in [0.2, 0.25) is 0 Å². The molecule has 1 aromatic heterocycles. The summed E-state index contributed by atoms with van der Waals surface area (Å²) in [4.78, 5) is 30.4. The zero-order valence-corrected chi connectivity index (χ0v) is 21.7. The molecular weight excluding hydrogens is 450 g/mol. The fraction of sp³-hybridized carbons (Fsp3) is 0.667. The van der Waals surface area contributed by atoms with Crippen LogP contribution in [0, 0.1) is 18.3 Å². The molecule has 0 aliphatic carbocycles. The number of hydrogen-bond donors (Lipinski definition) is 1. The molecule has 0 amide bonds. The van der Waals surface area contributed by atoms with Gasteiger partial charge >= 0.3 is 5.97 Å². The van der Waals surface area contributed by atoms with E-state index in [1.165, 1.54) is 0 Å². The second-order valence-electron chi connectivity index (χ2n) is 11.0. The number of ketones is 1. The van der Waals surface area contributed by atoms with Crippen molar-refractivity contribution in [1.29, 1.82) is 0 Å². The molecule has 7 heteroatoms. The topological polar surface area (TPSA) is 89.0 Å². The first kappa shape index (κ1) is 25.3. The van der Waals surface area contributed by atoms with E-state index in [9.17, 15) is 14.7 Å². The van der Waals surface area contributed by atoms with E-state index < -0.39 is 17.6 Å². The first-order chi connectivity index (χ1) is 16.0. The van der Waals surface area contributed by atoms with Crippen LogP contribution in [-0.4, -0.2) is 39.7 Å². The molecule has 5 atom stereocenters. The van der Waals surface area contributed by atoms with Crippen molar-refractivity contribution >= 4 is 33.3 Å². The largest absolute Gasteiger partial charge is 0.457 e. The minimum atomic E-state index is -0.693. The molecule has 6 nitrogen and oxygen atoms in total. The summed E-state index contributed by atoms with van der Waals surface area (Å²) in [5.74, 6) is -0.284. The molecule has 2 saturated heterocycles. The van der Waals surface area contributed by atoms with E-state index in [1.807, 2.05) is 45.9 Å². The molecule has 1 N–H and O–H groups in total. The van der Waals surface area contributed by atoms with Crippen LogP contribution in [0.1, 0.15) is 89.3 Å². The number of aliphatic hydroxyl groups is 1. The van der Waals surface area contributed by atoms with Gasteiger partial charge in [0.25, 0.3) is 0 Å². The molecule has 0 bridgehead atoms. The van der Waals surface area contributed by atoms with Crippen molar-refractivity contribution in [2.45, 2.75) is 103 Å². The van der Waals surface area contributed by atoms with Gasteiger partial charge in [0, 0.05) is 24.7 Å². The Morgan fingerprint density at radius 1 is 1.18 bits per heavy atom. The second-order valence-corrected chi connectivity index (χ2v) is 12.3. The number of thiazole rings is 1. The fourth-order valence-electron chi connectivity index (χ4n) is 4.92. The van der Waals surface area contributed by atoms with Crippen LogP contribution in [0.3, 0.4) is 0 Å². The number of aliphatic hydroxyl groups excluding tert-OH is 1. The van der Waals surface area contributed by atoms with Gasteiger partial charge < -0.3 is 14.6 Å². The van der Waals surface area contributed by atoms with Gasteiger partial charge in [-0.2, -0.15) is 0 Å². The molecule has 186 valence electrons. The molecule has 2 fully saturated rings. The zero-order valence-electron chi connectivity index (χ0n) is 20.9. The maximum absolute atomic E-state index is 12.9. The zero-order chi connectivity index (χ0) is 24.7. The molecule has 4 rings (SSSR count). The molecule has 2 aromatic rings. The van der Waals surface area contributed by atoms with E-state index in [1.54, 1.807) is 11.3 Å². The van der Waals surface area contributed by atoms with Crippen molar-refractivity contribution in [3.05, 3.63) is 28.8 Å². The predicted molar refractivity (Wildman–Crippen MR) is 133 cm³/mol. The molecule has 2 aliphatic heterocycles. The summed E-state index contributed by atoms with van der Waals surface area (Å²) in [7, 11) is 0. The lowest BCUT2D eigenvalue weighted by Crippen LogP contribution is -2.31. The minimum Gasteiger partial charge on any atom is -0.457 e. The Kier molecular flexibility index (Phi) is 7.19. The molecule has 3 heterocycles. The van der Waals surface area contributed by atoms with Crippen LogP contribution in [0.4, 0.5) is 0 Å². The van der Waals surface area contributed by atoms with Gasteiger partial charge in [0.1, 0.15) is 11.9 Å². The summed E-state index contributed by atoms with van der Waals surface area (Å²) in [6.45, 7) is 9.80. The normalized spacial score (nSPS) is 33.4. The molecule has 2 aliphatic rings. The lowest BCUT2D eigenvalue weighted by molar-refractivity contribution is -0.151. The number of esters is 1. The summed E-state index contributed by atoms with van der Waals surface area (Å²) in [6.07, 6.45) is 2.83. The first-order valence-electron chi connectivity index (χ1n) is 12.4. The molecule has 34 heavy (non-hydrogen) atoms. The van der Waals surface area contributed by atoms with Crippen molar-refractivity contribution in [3.63, 3.8) is 0 Å². The highest BCUT2D eigenvalue weighted by Crippen LogP contribution is 2.46.